The predicted molar refractivity (Wildman–Crippen MR) is 88.0 cm³/mol. The summed E-state index contributed by atoms with van der Waals surface area (Å²) < 4.78 is 0. The third-order valence-electron chi connectivity index (χ3n) is 4.32. The lowest BCUT2D eigenvalue weighted by atomic mass is 10.0. The van der Waals surface area contributed by atoms with E-state index in [0.717, 1.165) is 23.9 Å². The van der Waals surface area contributed by atoms with Crippen LogP contribution in [0.3, 0.4) is 0 Å². The molecule has 2 heterocycles. The Kier molecular flexibility index (Phi) is 4.32. The van der Waals surface area contributed by atoms with Gasteiger partial charge in [-0.05, 0) is 31.0 Å². The highest BCUT2D eigenvalue weighted by Crippen LogP contribution is 2.15. The first-order chi connectivity index (χ1) is 11.0. The second kappa shape index (κ2) is 6.40. The van der Waals surface area contributed by atoms with Crippen LogP contribution in [0.15, 0.2) is 24.5 Å². The van der Waals surface area contributed by atoms with Crippen LogP contribution in [0.1, 0.15) is 37.0 Å². The summed E-state index contributed by atoms with van der Waals surface area (Å²) in [6, 6.07) is 5.56. The average Bonchev–Trinajstić information content (AvgIpc) is 3.02. The van der Waals surface area contributed by atoms with E-state index in [1.165, 1.54) is 0 Å². The van der Waals surface area contributed by atoms with Gasteiger partial charge in [-0.3, -0.25) is 9.59 Å². The van der Waals surface area contributed by atoms with Gasteiger partial charge in [-0.25, -0.2) is 4.98 Å². The molecule has 0 radical (unpaired) electrons. The molecule has 6 heteroatoms. The van der Waals surface area contributed by atoms with E-state index in [9.17, 15) is 9.59 Å². The van der Waals surface area contributed by atoms with Gasteiger partial charge in [-0.1, -0.05) is 13.8 Å². The Morgan fingerprint density at radius 1 is 1.30 bits per heavy atom. The Morgan fingerprint density at radius 2 is 2.04 bits per heavy atom. The number of aromatic nitrogens is 2. The van der Waals surface area contributed by atoms with Crippen molar-refractivity contribution in [2.45, 2.75) is 32.7 Å². The first-order valence-electron chi connectivity index (χ1n) is 8.07. The van der Waals surface area contributed by atoms with Gasteiger partial charge in [-0.15, -0.1) is 0 Å². The van der Waals surface area contributed by atoms with Gasteiger partial charge in [0.25, 0.3) is 5.91 Å². The summed E-state index contributed by atoms with van der Waals surface area (Å²) in [4.78, 5) is 33.4. The number of amides is 2. The number of likely N-dealkylation sites (tertiary alicyclic amines) is 1. The zero-order chi connectivity index (χ0) is 16.4. The van der Waals surface area contributed by atoms with Crippen LogP contribution in [-0.4, -0.2) is 45.8 Å². The molecule has 1 aliphatic rings. The molecule has 1 saturated heterocycles. The van der Waals surface area contributed by atoms with Crippen LogP contribution >= 0.6 is 0 Å². The van der Waals surface area contributed by atoms with Crippen LogP contribution < -0.4 is 5.32 Å². The summed E-state index contributed by atoms with van der Waals surface area (Å²) in [7, 11) is 0. The summed E-state index contributed by atoms with van der Waals surface area (Å²) in [5.74, 6) is 0.150. The SMILES string of the molecule is CC(C)C(=O)N1CCC(NC(=O)c2ccc3nc[nH]c3c2)CC1. The van der Waals surface area contributed by atoms with Crippen LogP contribution in [0, 0.1) is 5.92 Å². The molecule has 1 aliphatic heterocycles. The Balaban J connectivity index is 1.57. The van der Waals surface area contributed by atoms with Crippen LogP contribution in [0.25, 0.3) is 11.0 Å². The number of nitrogens with one attached hydrogen (secondary N) is 2. The second-order valence-corrected chi connectivity index (χ2v) is 6.36. The van der Waals surface area contributed by atoms with E-state index >= 15 is 0 Å². The highest BCUT2D eigenvalue weighted by molar-refractivity contribution is 5.97. The molecule has 23 heavy (non-hydrogen) atoms. The predicted octanol–water partition coefficient (Wildman–Crippen LogP) is 1.94. The van der Waals surface area contributed by atoms with E-state index in [-0.39, 0.29) is 23.8 Å². The third-order valence-corrected chi connectivity index (χ3v) is 4.32. The summed E-state index contributed by atoms with van der Waals surface area (Å²) >= 11 is 0. The molecule has 2 N–H and O–H groups in total. The zero-order valence-corrected chi connectivity index (χ0v) is 13.5. The quantitative estimate of drug-likeness (QED) is 0.909. The molecule has 0 bridgehead atoms. The number of carbonyl (C=O) groups excluding carboxylic acids is 2. The van der Waals surface area contributed by atoms with Crippen molar-refractivity contribution < 1.29 is 9.59 Å². The van der Waals surface area contributed by atoms with Gasteiger partial charge >= 0.3 is 0 Å². The number of hydrogen-bond donors (Lipinski definition) is 2. The van der Waals surface area contributed by atoms with E-state index in [0.29, 0.717) is 18.7 Å². The largest absolute Gasteiger partial charge is 0.349 e. The lowest BCUT2D eigenvalue weighted by Gasteiger charge is -2.33. The number of aromatic amines is 1. The number of H-pyrrole nitrogens is 1. The first-order valence-corrected chi connectivity index (χ1v) is 8.07. The normalized spacial score (nSPS) is 16.0. The topological polar surface area (TPSA) is 78.1 Å². The lowest BCUT2D eigenvalue weighted by molar-refractivity contribution is -0.135. The van der Waals surface area contributed by atoms with Crippen molar-refractivity contribution in [3.05, 3.63) is 30.1 Å². The summed E-state index contributed by atoms with van der Waals surface area (Å²) in [5.41, 5.74) is 2.33. The molecule has 6 nitrogen and oxygen atoms in total. The van der Waals surface area contributed by atoms with Crippen molar-refractivity contribution in [3.8, 4) is 0 Å². The van der Waals surface area contributed by atoms with E-state index < -0.39 is 0 Å². The van der Waals surface area contributed by atoms with Crippen molar-refractivity contribution in [1.82, 2.24) is 20.2 Å². The van der Waals surface area contributed by atoms with Gasteiger partial charge in [0, 0.05) is 30.6 Å². The van der Waals surface area contributed by atoms with Crippen molar-refractivity contribution >= 4 is 22.8 Å². The van der Waals surface area contributed by atoms with Crippen LogP contribution in [0.4, 0.5) is 0 Å². The molecule has 0 saturated carbocycles. The third kappa shape index (κ3) is 3.36. The highest BCUT2D eigenvalue weighted by atomic mass is 16.2. The van der Waals surface area contributed by atoms with Crippen molar-refractivity contribution in [2.75, 3.05) is 13.1 Å². The van der Waals surface area contributed by atoms with Crippen LogP contribution in [-0.2, 0) is 4.79 Å². The Labute approximate surface area is 135 Å². The van der Waals surface area contributed by atoms with Gasteiger partial charge in [-0.2, -0.15) is 0 Å². The molecule has 1 aromatic carbocycles. The zero-order valence-electron chi connectivity index (χ0n) is 13.5. The first kappa shape index (κ1) is 15.5. The molecular weight excluding hydrogens is 292 g/mol. The lowest BCUT2D eigenvalue weighted by Crippen LogP contribution is -2.47. The number of piperidine rings is 1. The highest BCUT2D eigenvalue weighted by Gasteiger charge is 2.25. The standard InChI is InChI=1S/C17H22N4O2/c1-11(2)17(23)21-7-5-13(6-8-21)20-16(22)12-3-4-14-15(9-12)19-10-18-14/h3-4,9-11,13H,5-8H2,1-2H3,(H,18,19)(H,20,22). The van der Waals surface area contributed by atoms with Gasteiger partial charge in [0.2, 0.25) is 5.91 Å². The Morgan fingerprint density at radius 3 is 2.74 bits per heavy atom. The number of nitrogens with zero attached hydrogens (tertiary/aromatic N) is 2. The minimum atomic E-state index is -0.0739. The molecule has 1 aromatic heterocycles. The number of hydrogen-bond acceptors (Lipinski definition) is 3. The minimum Gasteiger partial charge on any atom is -0.349 e. The van der Waals surface area contributed by atoms with E-state index in [1.54, 1.807) is 12.4 Å². The van der Waals surface area contributed by atoms with Gasteiger partial charge < -0.3 is 15.2 Å². The fourth-order valence-electron chi connectivity index (χ4n) is 2.95. The van der Waals surface area contributed by atoms with Crippen LogP contribution in [0.2, 0.25) is 0 Å². The molecule has 2 aromatic rings. The summed E-state index contributed by atoms with van der Waals surface area (Å²) in [6.07, 6.45) is 3.22. The summed E-state index contributed by atoms with van der Waals surface area (Å²) in [6.45, 7) is 5.26. The number of imidazole rings is 1. The molecule has 2 amide bonds. The number of rotatable bonds is 3. The Hall–Kier alpha value is -2.37. The van der Waals surface area contributed by atoms with Crippen molar-refractivity contribution in [3.63, 3.8) is 0 Å². The number of carbonyl (C=O) groups is 2. The molecule has 122 valence electrons. The van der Waals surface area contributed by atoms with Crippen molar-refractivity contribution in [2.24, 2.45) is 5.92 Å². The van der Waals surface area contributed by atoms with Gasteiger partial charge in [0.05, 0.1) is 17.4 Å². The van der Waals surface area contributed by atoms with Crippen molar-refractivity contribution in [1.29, 1.82) is 0 Å². The van der Waals surface area contributed by atoms with E-state index in [2.05, 4.69) is 15.3 Å². The van der Waals surface area contributed by atoms with E-state index in [1.807, 2.05) is 30.9 Å². The number of benzene rings is 1. The monoisotopic (exact) mass is 314 g/mol. The average molecular weight is 314 g/mol. The Bertz CT molecular complexity index is 714. The molecular formula is C17H22N4O2. The maximum absolute atomic E-state index is 12.4. The molecule has 0 unspecified atom stereocenters. The fraction of sp³-hybridized carbons (Fsp3) is 0.471. The maximum atomic E-state index is 12.4. The summed E-state index contributed by atoms with van der Waals surface area (Å²) in [5, 5.41) is 3.07. The molecule has 0 atom stereocenters. The smallest absolute Gasteiger partial charge is 0.251 e. The van der Waals surface area contributed by atoms with E-state index in [4.69, 9.17) is 0 Å². The molecule has 0 spiro atoms. The molecule has 0 aliphatic carbocycles. The van der Waals surface area contributed by atoms with Gasteiger partial charge in [0.15, 0.2) is 0 Å². The van der Waals surface area contributed by atoms with Crippen LogP contribution in [0.5, 0.6) is 0 Å². The number of fused-ring (bicyclic) bond motifs is 1. The van der Waals surface area contributed by atoms with Gasteiger partial charge in [0.1, 0.15) is 0 Å². The fourth-order valence-corrected chi connectivity index (χ4v) is 2.95. The molecule has 3 rings (SSSR count). The molecule has 1 fully saturated rings. The second-order valence-electron chi connectivity index (χ2n) is 6.36. The maximum Gasteiger partial charge on any atom is 0.251 e. The minimum absolute atomic E-state index is 0.0299.